The number of aromatic hydroxyl groups is 2. The number of halogens is 2. The van der Waals surface area contributed by atoms with Gasteiger partial charge in [0.25, 0.3) is 0 Å². The molecule has 0 spiro atoms. The summed E-state index contributed by atoms with van der Waals surface area (Å²) in [6.45, 7) is 2.82. The number of ketones is 2. The van der Waals surface area contributed by atoms with E-state index in [-0.39, 0.29) is 84.5 Å². The molecule has 0 amide bonds. The molecule has 0 aromatic heterocycles. The number of aliphatic hydroxyl groups is 2. The molecule has 1 aliphatic rings. The van der Waals surface area contributed by atoms with Crippen molar-refractivity contribution < 1.29 is 30.0 Å². The van der Waals surface area contributed by atoms with E-state index >= 15 is 0 Å². The predicted octanol–water partition coefficient (Wildman–Crippen LogP) is 1.66. The molecule has 2 aromatic carbocycles. The van der Waals surface area contributed by atoms with Crippen molar-refractivity contribution in [3.05, 3.63) is 46.5 Å². The van der Waals surface area contributed by atoms with Crippen LogP contribution in [0.3, 0.4) is 0 Å². The number of fused-ring (bicyclic) bond motifs is 2. The molecule has 10 N–H and O–H groups in total. The highest BCUT2D eigenvalue weighted by molar-refractivity contribution is 6.33. The Morgan fingerprint density at radius 3 is 1.32 bits per heavy atom. The fourth-order valence-electron chi connectivity index (χ4n) is 3.78. The zero-order valence-corrected chi connectivity index (χ0v) is 20.3. The van der Waals surface area contributed by atoms with E-state index in [0.29, 0.717) is 0 Å². The largest absolute Gasteiger partial charge is 0.507 e. The number of rotatable bonds is 8. The van der Waals surface area contributed by atoms with Crippen molar-refractivity contribution in [3.63, 3.8) is 0 Å². The summed E-state index contributed by atoms with van der Waals surface area (Å²) in [7, 11) is 0. The van der Waals surface area contributed by atoms with Gasteiger partial charge in [-0.15, -0.1) is 24.8 Å². The van der Waals surface area contributed by atoms with E-state index < -0.39 is 34.4 Å². The zero-order valence-electron chi connectivity index (χ0n) is 18.7. The summed E-state index contributed by atoms with van der Waals surface area (Å²) in [5.41, 5.74) is 9.85. The van der Waals surface area contributed by atoms with Gasteiger partial charge in [0.05, 0.1) is 33.6 Å². The van der Waals surface area contributed by atoms with Crippen LogP contribution in [0.2, 0.25) is 0 Å². The van der Waals surface area contributed by atoms with Crippen LogP contribution >= 0.6 is 24.8 Å². The first-order valence-corrected chi connectivity index (χ1v) is 10.1. The Hall–Kier alpha value is -2.60. The second-order valence-corrected chi connectivity index (χ2v) is 8.45. The van der Waals surface area contributed by atoms with Gasteiger partial charge < -0.3 is 42.5 Å². The van der Waals surface area contributed by atoms with E-state index in [9.17, 15) is 30.0 Å². The average molecular weight is 517 g/mol. The predicted molar refractivity (Wildman–Crippen MR) is 133 cm³/mol. The number of benzene rings is 2. The SMILES string of the molecule is CC(N)(CCO)Nc1ccc(NC(C)(N)CCO)c2c1C(=O)c1c(O)ccc(O)c1C2=O.Cl.Cl. The summed E-state index contributed by atoms with van der Waals surface area (Å²) in [5, 5.41) is 45.1. The minimum atomic E-state index is -1.11. The number of phenols is 2. The van der Waals surface area contributed by atoms with Crippen molar-refractivity contribution in [2.75, 3.05) is 23.8 Å². The Kier molecular flexibility index (Phi) is 9.32. The van der Waals surface area contributed by atoms with Gasteiger partial charge in [0.15, 0.2) is 0 Å². The minimum absolute atomic E-state index is 0. The smallest absolute Gasteiger partial charge is 0.200 e. The summed E-state index contributed by atoms with van der Waals surface area (Å²) in [4.78, 5) is 27.0. The Labute approximate surface area is 209 Å². The van der Waals surface area contributed by atoms with Gasteiger partial charge in [-0.25, -0.2) is 0 Å². The molecular formula is C22H30Cl2N4O6. The quantitative estimate of drug-likeness (QED) is 0.161. The van der Waals surface area contributed by atoms with Crippen LogP contribution < -0.4 is 22.1 Å². The van der Waals surface area contributed by atoms with E-state index in [2.05, 4.69) is 10.6 Å². The molecular weight excluding hydrogens is 487 g/mol. The third-order valence-electron chi connectivity index (χ3n) is 5.38. The summed E-state index contributed by atoms with van der Waals surface area (Å²) in [6, 6.07) is 5.34. The van der Waals surface area contributed by atoms with E-state index in [1.807, 2.05) is 0 Å². The molecule has 0 radical (unpaired) electrons. The van der Waals surface area contributed by atoms with Crippen molar-refractivity contribution in [1.29, 1.82) is 0 Å². The molecule has 188 valence electrons. The monoisotopic (exact) mass is 516 g/mol. The average Bonchev–Trinajstić information content (AvgIpc) is 2.68. The number of anilines is 2. The summed E-state index contributed by atoms with van der Waals surface area (Å²) in [5.74, 6) is -2.26. The molecule has 3 rings (SSSR count). The van der Waals surface area contributed by atoms with Crippen LogP contribution in [0.15, 0.2) is 24.3 Å². The molecule has 10 nitrogen and oxygen atoms in total. The van der Waals surface area contributed by atoms with Gasteiger partial charge in [-0.05, 0) is 38.1 Å². The van der Waals surface area contributed by atoms with Crippen LogP contribution in [0.4, 0.5) is 11.4 Å². The molecule has 0 saturated heterocycles. The molecule has 2 aromatic rings. The molecule has 0 heterocycles. The highest BCUT2D eigenvalue weighted by Crippen LogP contribution is 2.43. The fourth-order valence-corrected chi connectivity index (χ4v) is 3.78. The topological polar surface area (TPSA) is 191 Å². The van der Waals surface area contributed by atoms with Crippen molar-refractivity contribution in [2.45, 2.75) is 38.0 Å². The number of carbonyl (C=O) groups is 2. The molecule has 2 atom stereocenters. The van der Waals surface area contributed by atoms with Crippen LogP contribution in [-0.4, -0.2) is 56.5 Å². The highest BCUT2D eigenvalue weighted by Gasteiger charge is 2.39. The molecule has 0 bridgehead atoms. The normalized spacial score (nSPS) is 15.6. The van der Waals surface area contributed by atoms with Crippen molar-refractivity contribution in [3.8, 4) is 11.5 Å². The summed E-state index contributed by atoms with van der Waals surface area (Å²) < 4.78 is 0. The van der Waals surface area contributed by atoms with Crippen LogP contribution in [-0.2, 0) is 0 Å². The van der Waals surface area contributed by atoms with Crippen molar-refractivity contribution in [1.82, 2.24) is 0 Å². The lowest BCUT2D eigenvalue weighted by molar-refractivity contribution is 0.0975. The van der Waals surface area contributed by atoms with E-state index in [0.717, 1.165) is 12.1 Å². The number of hydrogen-bond acceptors (Lipinski definition) is 10. The van der Waals surface area contributed by atoms with Crippen LogP contribution in [0.25, 0.3) is 0 Å². The third-order valence-corrected chi connectivity index (χ3v) is 5.38. The first-order chi connectivity index (χ1) is 14.9. The Bertz CT molecular complexity index is 1010. The second-order valence-electron chi connectivity index (χ2n) is 8.45. The standard InChI is InChI=1S/C22H28N4O6.2ClH/c1-21(23,7-9-27)25-11-3-4-12(26-22(2,24)8-10-28)16-15(11)19(31)17-13(29)5-6-14(30)18(17)20(16)32;;/h3-6,25-30H,7-10,23-24H2,1-2H3;2*1H. The Balaban J connectivity index is 0.00000289. The van der Waals surface area contributed by atoms with Crippen molar-refractivity contribution in [2.24, 2.45) is 11.5 Å². The molecule has 12 heteroatoms. The summed E-state index contributed by atoms with van der Waals surface area (Å²) in [6.07, 6.45) is 0.313. The van der Waals surface area contributed by atoms with Gasteiger partial charge in [0.2, 0.25) is 11.6 Å². The van der Waals surface area contributed by atoms with E-state index in [1.165, 1.54) is 12.1 Å². The number of carbonyl (C=O) groups excluding carboxylic acids is 2. The molecule has 0 saturated carbocycles. The number of hydrogen-bond donors (Lipinski definition) is 8. The third kappa shape index (κ3) is 5.54. The van der Waals surface area contributed by atoms with E-state index in [1.54, 1.807) is 13.8 Å². The summed E-state index contributed by atoms with van der Waals surface area (Å²) >= 11 is 0. The van der Waals surface area contributed by atoms with Crippen molar-refractivity contribution >= 4 is 47.8 Å². The van der Waals surface area contributed by atoms with E-state index in [4.69, 9.17) is 11.5 Å². The lowest BCUT2D eigenvalue weighted by atomic mass is 9.81. The maximum atomic E-state index is 13.5. The molecule has 1 aliphatic carbocycles. The Morgan fingerprint density at radius 2 is 1.03 bits per heavy atom. The highest BCUT2D eigenvalue weighted by atomic mass is 35.5. The lowest BCUT2D eigenvalue weighted by Gasteiger charge is -2.33. The molecule has 0 aliphatic heterocycles. The van der Waals surface area contributed by atoms with Crippen LogP contribution in [0, 0.1) is 0 Å². The molecule has 2 unspecified atom stereocenters. The van der Waals surface area contributed by atoms with Gasteiger partial charge in [-0.3, -0.25) is 9.59 Å². The van der Waals surface area contributed by atoms with Crippen LogP contribution in [0.5, 0.6) is 11.5 Å². The van der Waals surface area contributed by atoms with Gasteiger partial charge in [-0.2, -0.15) is 0 Å². The van der Waals surface area contributed by atoms with Gasteiger partial charge in [-0.1, -0.05) is 0 Å². The van der Waals surface area contributed by atoms with Crippen LogP contribution in [0.1, 0.15) is 58.5 Å². The number of nitrogens with two attached hydrogens (primary N) is 2. The number of nitrogens with one attached hydrogen (secondary N) is 2. The zero-order chi connectivity index (χ0) is 23.8. The Morgan fingerprint density at radius 1 is 0.706 bits per heavy atom. The maximum Gasteiger partial charge on any atom is 0.200 e. The molecule has 34 heavy (non-hydrogen) atoms. The van der Waals surface area contributed by atoms with Gasteiger partial charge >= 0.3 is 0 Å². The molecule has 0 fully saturated rings. The first-order valence-electron chi connectivity index (χ1n) is 10.1. The lowest BCUT2D eigenvalue weighted by Crippen LogP contribution is -2.47. The van der Waals surface area contributed by atoms with Gasteiger partial charge in [0, 0.05) is 37.4 Å². The number of aliphatic hydroxyl groups excluding tert-OH is 2. The fraction of sp³-hybridized carbons (Fsp3) is 0.364. The van der Waals surface area contributed by atoms with Gasteiger partial charge in [0.1, 0.15) is 11.5 Å². The second kappa shape index (κ2) is 10.8. The number of phenolic OH excluding ortho intramolecular Hbond substituents is 2. The maximum absolute atomic E-state index is 13.5. The minimum Gasteiger partial charge on any atom is -0.507 e. The first kappa shape index (κ1) is 29.4.